The minimum atomic E-state index is -1.11. The molecule has 114 valence electrons. The van der Waals surface area contributed by atoms with Crippen LogP contribution in [0, 0.1) is 0 Å². The van der Waals surface area contributed by atoms with Crippen LogP contribution < -0.4 is 11.1 Å². The second kappa shape index (κ2) is 7.39. The van der Waals surface area contributed by atoms with Crippen molar-refractivity contribution in [2.75, 3.05) is 14.1 Å². The molecule has 7 heteroatoms. The molecule has 0 radical (unpaired) electrons. The van der Waals surface area contributed by atoms with Gasteiger partial charge in [-0.05, 0) is 17.7 Å². The normalized spacial score (nSPS) is 11.6. The zero-order valence-electron chi connectivity index (χ0n) is 12.0. The molecule has 4 N–H and O–H groups in total. The van der Waals surface area contributed by atoms with E-state index in [0.29, 0.717) is 12.1 Å². The second-order valence-electron chi connectivity index (χ2n) is 4.67. The van der Waals surface area contributed by atoms with Crippen LogP contribution in [0.4, 0.5) is 0 Å². The molecule has 0 aliphatic heterocycles. The van der Waals surface area contributed by atoms with E-state index in [4.69, 9.17) is 10.8 Å². The van der Waals surface area contributed by atoms with Gasteiger partial charge in [-0.3, -0.25) is 14.4 Å². The number of carbonyl (C=O) groups excluding carboxylic acids is 2. The maximum absolute atomic E-state index is 11.9. The molecule has 0 saturated carbocycles. The molecule has 0 saturated heterocycles. The lowest BCUT2D eigenvalue weighted by Crippen LogP contribution is -2.42. The third-order valence-electron chi connectivity index (χ3n) is 2.95. The number of aliphatic carboxylic acids is 1. The minimum absolute atomic E-state index is 0.186. The van der Waals surface area contributed by atoms with E-state index >= 15 is 0 Å². The molecule has 1 rings (SSSR count). The highest BCUT2D eigenvalue weighted by Crippen LogP contribution is 2.08. The lowest BCUT2D eigenvalue weighted by Gasteiger charge is -2.20. The number of carboxylic acid groups (broad SMARTS) is 1. The largest absolute Gasteiger partial charge is 0.481 e. The van der Waals surface area contributed by atoms with Gasteiger partial charge < -0.3 is 21.1 Å². The highest BCUT2D eigenvalue weighted by atomic mass is 16.4. The lowest BCUT2D eigenvalue weighted by atomic mass is 10.1. The average molecular weight is 293 g/mol. The van der Waals surface area contributed by atoms with Gasteiger partial charge in [0.15, 0.2) is 0 Å². The number of hydrogen-bond acceptors (Lipinski definition) is 4. The minimum Gasteiger partial charge on any atom is -0.481 e. The van der Waals surface area contributed by atoms with E-state index in [1.54, 1.807) is 38.4 Å². The third kappa shape index (κ3) is 4.88. The SMILES string of the molecule is CNC(=O)c1ccc(CN(C)C(=O)C(N)CC(=O)O)cc1. The summed E-state index contributed by atoms with van der Waals surface area (Å²) in [6.07, 6.45) is -0.404. The summed E-state index contributed by atoms with van der Waals surface area (Å²) in [5.41, 5.74) is 6.88. The van der Waals surface area contributed by atoms with E-state index in [-0.39, 0.29) is 5.91 Å². The third-order valence-corrected chi connectivity index (χ3v) is 2.95. The van der Waals surface area contributed by atoms with E-state index in [1.165, 1.54) is 4.90 Å². The Hall–Kier alpha value is -2.41. The molecule has 2 amide bonds. The first-order valence-electron chi connectivity index (χ1n) is 6.38. The molecule has 1 atom stereocenters. The number of nitrogens with zero attached hydrogens (tertiary/aromatic N) is 1. The highest BCUT2D eigenvalue weighted by molar-refractivity contribution is 5.94. The number of hydrogen-bond donors (Lipinski definition) is 3. The van der Waals surface area contributed by atoms with Crippen LogP contribution in [-0.4, -0.2) is 47.9 Å². The molecule has 0 aliphatic rings. The first kappa shape index (κ1) is 16.6. The van der Waals surface area contributed by atoms with Gasteiger partial charge in [-0.2, -0.15) is 0 Å². The van der Waals surface area contributed by atoms with Crippen LogP contribution in [0.5, 0.6) is 0 Å². The van der Waals surface area contributed by atoms with Crippen molar-refractivity contribution in [1.29, 1.82) is 0 Å². The number of benzene rings is 1. The van der Waals surface area contributed by atoms with E-state index in [2.05, 4.69) is 5.32 Å². The number of nitrogens with two attached hydrogens (primary N) is 1. The maximum Gasteiger partial charge on any atom is 0.305 e. The Labute approximate surface area is 122 Å². The highest BCUT2D eigenvalue weighted by Gasteiger charge is 2.20. The van der Waals surface area contributed by atoms with Crippen molar-refractivity contribution in [2.24, 2.45) is 5.73 Å². The zero-order chi connectivity index (χ0) is 16.0. The molecular weight excluding hydrogens is 274 g/mol. The molecular formula is C14H19N3O4. The van der Waals surface area contributed by atoms with Crippen molar-refractivity contribution in [1.82, 2.24) is 10.2 Å². The van der Waals surface area contributed by atoms with E-state index in [9.17, 15) is 14.4 Å². The first-order valence-corrected chi connectivity index (χ1v) is 6.38. The van der Waals surface area contributed by atoms with Crippen LogP contribution in [0.3, 0.4) is 0 Å². The van der Waals surface area contributed by atoms with Gasteiger partial charge in [-0.25, -0.2) is 0 Å². The van der Waals surface area contributed by atoms with Crippen molar-refractivity contribution in [2.45, 2.75) is 19.0 Å². The van der Waals surface area contributed by atoms with Crippen molar-refractivity contribution in [3.63, 3.8) is 0 Å². The monoisotopic (exact) mass is 293 g/mol. The summed E-state index contributed by atoms with van der Waals surface area (Å²) in [7, 11) is 3.10. The van der Waals surface area contributed by atoms with Gasteiger partial charge in [0.05, 0.1) is 12.5 Å². The Balaban J connectivity index is 2.66. The fourth-order valence-electron chi connectivity index (χ4n) is 1.82. The summed E-state index contributed by atoms with van der Waals surface area (Å²) in [6.45, 7) is 0.292. The second-order valence-corrected chi connectivity index (χ2v) is 4.67. The van der Waals surface area contributed by atoms with Crippen molar-refractivity contribution < 1.29 is 19.5 Å². The predicted molar refractivity (Wildman–Crippen MR) is 76.5 cm³/mol. The van der Waals surface area contributed by atoms with Crippen molar-refractivity contribution >= 4 is 17.8 Å². The average Bonchev–Trinajstić information content (AvgIpc) is 2.45. The van der Waals surface area contributed by atoms with Crippen LogP contribution in [-0.2, 0) is 16.1 Å². The fraction of sp³-hybridized carbons (Fsp3) is 0.357. The molecule has 0 aliphatic carbocycles. The molecule has 7 nitrogen and oxygen atoms in total. The number of carboxylic acids is 1. The van der Waals surface area contributed by atoms with E-state index in [0.717, 1.165) is 5.56 Å². The predicted octanol–water partition coefficient (Wildman–Crippen LogP) is -0.193. The van der Waals surface area contributed by atoms with Gasteiger partial charge in [-0.1, -0.05) is 12.1 Å². The topological polar surface area (TPSA) is 113 Å². The Bertz CT molecular complexity index is 528. The molecule has 0 aromatic heterocycles. The van der Waals surface area contributed by atoms with Gasteiger partial charge in [0.25, 0.3) is 5.91 Å². The van der Waals surface area contributed by atoms with Crippen LogP contribution >= 0.6 is 0 Å². The molecule has 0 heterocycles. The van der Waals surface area contributed by atoms with Crippen LogP contribution in [0.1, 0.15) is 22.3 Å². The maximum atomic E-state index is 11.9. The van der Waals surface area contributed by atoms with Crippen molar-refractivity contribution in [3.05, 3.63) is 35.4 Å². The Kier molecular flexibility index (Phi) is 5.86. The zero-order valence-corrected chi connectivity index (χ0v) is 12.0. The number of rotatable bonds is 6. The van der Waals surface area contributed by atoms with Crippen LogP contribution in [0.15, 0.2) is 24.3 Å². The molecule has 0 bridgehead atoms. The van der Waals surface area contributed by atoms with Gasteiger partial charge in [-0.15, -0.1) is 0 Å². The van der Waals surface area contributed by atoms with Crippen LogP contribution in [0.25, 0.3) is 0 Å². The van der Waals surface area contributed by atoms with Gasteiger partial charge in [0.1, 0.15) is 0 Å². The molecule has 0 spiro atoms. The number of nitrogens with one attached hydrogen (secondary N) is 1. The summed E-state index contributed by atoms with van der Waals surface area (Å²) >= 11 is 0. The summed E-state index contributed by atoms with van der Waals surface area (Å²) < 4.78 is 0. The van der Waals surface area contributed by atoms with Gasteiger partial charge >= 0.3 is 5.97 Å². The molecule has 1 unspecified atom stereocenters. The number of amides is 2. The Morgan fingerprint density at radius 3 is 2.33 bits per heavy atom. The molecule has 1 aromatic rings. The van der Waals surface area contributed by atoms with Gasteiger partial charge in [0, 0.05) is 26.2 Å². The summed E-state index contributed by atoms with van der Waals surface area (Å²) in [6, 6.07) is 5.72. The van der Waals surface area contributed by atoms with E-state index in [1.807, 2.05) is 0 Å². The first-order chi connectivity index (χ1) is 9.85. The molecule has 21 heavy (non-hydrogen) atoms. The Morgan fingerprint density at radius 1 is 1.29 bits per heavy atom. The van der Waals surface area contributed by atoms with E-state index < -0.39 is 24.3 Å². The lowest BCUT2D eigenvalue weighted by molar-refractivity contribution is -0.141. The smallest absolute Gasteiger partial charge is 0.305 e. The summed E-state index contributed by atoms with van der Waals surface area (Å²) in [5.74, 6) is -1.73. The standard InChI is InChI=1S/C14H19N3O4/c1-16-13(20)10-5-3-9(4-6-10)8-17(2)14(21)11(15)7-12(18)19/h3-6,11H,7-8,15H2,1-2H3,(H,16,20)(H,18,19). The summed E-state index contributed by atoms with van der Waals surface area (Å²) in [4.78, 5) is 35.2. The Morgan fingerprint density at radius 2 is 1.86 bits per heavy atom. The number of likely N-dealkylation sites (N-methyl/N-ethyl adjacent to an activating group) is 1. The summed E-state index contributed by atoms with van der Waals surface area (Å²) in [5, 5.41) is 11.1. The van der Waals surface area contributed by atoms with Crippen LogP contribution in [0.2, 0.25) is 0 Å². The van der Waals surface area contributed by atoms with Gasteiger partial charge in [0.2, 0.25) is 5.91 Å². The number of carbonyl (C=O) groups is 3. The molecule has 0 fully saturated rings. The van der Waals surface area contributed by atoms with Crippen molar-refractivity contribution in [3.8, 4) is 0 Å². The fourth-order valence-corrected chi connectivity index (χ4v) is 1.82. The quantitative estimate of drug-likeness (QED) is 0.672. The molecule has 1 aromatic carbocycles.